The summed E-state index contributed by atoms with van der Waals surface area (Å²) in [6, 6.07) is 1.89. The first-order chi connectivity index (χ1) is 9.65. The van der Waals surface area contributed by atoms with Crippen LogP contribution in [0.2, 0.25) is 0 Å². The van der Waals surface area contributed by atoms with Crippen molar-refractivity contribution in [2.45, 2.75) is 32.4 Å². The number of aromatic nitrogens is 1. The minimum absolute atomic E-state index is 0.00815. The first-order valence-corrected chi connectivity index (χ1v) is 7.17. The Morgan fingerprint density at radius 2 is 2.40 bits per heavy atom. The van der Waals surface area contributed by atoms with Gasteiger partial charge < -0.3 is 10.5 Å². The monoisotopic (exact) mass is 279 g/mol. The van der Waals surface area contributed by atoms with Crippen LogP contribution in [-0.2, 0) is 4.74 Å². The van der Waals surface area contributed by atoms with Crippen molar-refractivity contribution < 1.29 is 4.74 Å². The summed E-state index contributed by atoms with van der Waals surface area (Å²) in [7, 11) is 0. The summed E-state index contributed by atoms with van der Waals surface area (Å²) < 4.78 is 5.89. The zero-order valence-electron chi connectivity index (χ0n) is 12.3. The van der Waals surface area contributed by atoms with Crippen LogP contribution in [0.4, 0.5) is 5.82 Å². The van der Waals surface area contributed by atoms with Crippen LogP contribution in [0.15, 0.2) is 12.3 Å². The molecule has 6 heteroatoms. The summed E-state index contributed by atoms with van der Waals surface area (Å²) in [4.78, 5) is 6.61. The van der Waals surface area contributed by atoms with Crippen LogP contribution >= 0.6 is 0 Å². The molecule has 0 amide bonds. The Morgan fingerprint density at radius 1 is 1.60 bits per heavy atom. The topological polar surface area (TPSA) is 89.4 Å². The number of hydrogen-bond donors (Lipinski definition) is 3. The highest BCUT2D eigenvalue weighted by molar-refractivity contribution is 5.43. The van der Waals surface area contributed by atoms with Gasteiger partial charge >= 0.3 is 0 Å². The van der Waals surface area contributed by atoms with Crippen LogP contribution in [0.5, 0.6) is 0 Å². The molecule has 2 atom stereocenters. The Balaban J connectivity index is 2.16. The molecule has 0 bridgehead atoms. The van der Waals surface area contributed by atoms with Gasteiger partial charge in [-0.2, -0.15) is 0 Å². The largest absolute Gasteiger partial charge is 0.383 e. The fourth-order valence-electron chi connectivity index (χ4n) is 2.70. The van der Waals surface area contributed by atoms with Crippen molar-refractivity contribution in [2.75, 3.05) is 32.0 Å². The van der Waals surface area contributed by atoms with Crippen LogP contribution < -0.4 is 17.0 Å². The van der Waals surface area contributed by atoms with Gasteiger partial charge in [-0.15, -0.1) is 0 Å². The summed E-state index contributed by atoms with van der Waals surface area (Å²) in [5.74, 6) is 6.25. The molecule has 0 aromatic carbocycles. The average Bonchev–Trinajstić information content (AvgIpc) is 2.44. The third kappa shape index (κ3) is 3.46. The Kier molecular flexibility index (Phi) is 5.31. The lowest BCUT2D eigenvalue weighted by Crippen LogP contribution is -2.49. The molecule has 112 valence electrons. The molecule has 0 saturated carbocycles. The number of nitrogen functional groups attached to an aromatic ring is 1. The third-order valence-corrected chi connectivity index (χ3v) is 3.69. The first-order valence-electron chi connectivity index (χ1n) is 7.17. The number of pyridine rings is 1. The second-order valence-electron chi connectivity index (χ2n) is 5.34. The molecule has 1 saturated heterocycles. The Labute approximate surface area is 120 Å². The van der Waals surface area contributed by atoms with Gasteiger partial charge in [-0.05, 0) is 31.5 Å². The molecule has 1 fully saturated rings. The van der Waals surface area contributed by atoms with Gasteiger partial charge in [-0.3, -0.25) is 16.2 Å². The summed E-state index contributed by atoms with van der Waals surface area (Å²) in [5.41, 5.74) is 10.8. The van der Waals surface area contributed by atoms with E-state index in [9.17, 15) is 0 Å². The molecule has 0 radical (unpaired) electrons. The van der Waals surface area contributed by atoms with Crippen molar-refractivity contribution >= 4 is 5.82 Å². The number of aryl methyl sites for hydroxylation is 1. The molecule has 2 rings (SSSR count). The summed E-state index contributed by atoms with van der Waals surface area (Å²) in [5, 5.41) is 0. The fraction of sp³-hybridized carbons (Fsp3) is 0.643. The number of nitrogens with zero attached hydrogens (tertiary/aromatic N) is 2. The van der Waals surface area contributed by atoms with Crippen LogP contribution in [0.3, 0.4) is 0 Å². The van der Waals surface area contributed by atoms with E-state index in [-0.39, 0.29) is 12.1 Å². The van der Waals surface area contributed by atoms with Crippen LogP contribution in [0.25, 0.3) is 0 Å². The second-order valence-corrected chi connectivity index (χ2v) is 5.34. The maximum absolute atomic E-state index is 5.99. The maximum Gasteiger partial charge on any atom is 0.128 e. The minimum atomic E-state index is -0.137. The zero-order chi connectivity index (χ0) is 14.5. The van der Waals surface area contributed by atoms with Crippen molar-refractivity contribution in [1.29, 1.82) is 0 Å². The van der Waals surface area contributed by atoms with E-state index in [1.807, 2.05) is 13.0 Å². The van der Waals surface area contributed by atoms with E-state index >= 15 is 0 Å². The second kappa shape index (κ2) is 6.99. The molecular weight excluding hydrogens is 254 g/mol. The standard InChI is InChI=1S/C14H25N5O/c1-3-4-19-5-6-20-12(9-19)13(18-16)11-7-10(2)8-17-14(11)15/h7-8,12-13,18H,3-6,9,16H2,1-2H3,(H2,15,17). The van der Waals surface area contributed by atoms with E-state index in [0.29, 0.717) is 5.82 Å². The molecule has 2 unspecified atom stereocenters. The molecule has 1 aliphatic rings. The number of rotatable bonds is 5. The maximum atomic E-state index is 5.99. The van der Waals surface area contributed by atoms with E-state index in [4.69, 9.17) is 16.3 Å². The van der Waals surface area contributed by atoms with Crippen LogP contribution in [0, 0.1) is 6.92 Å². The number of morpholine rings is 1. The Bertz CT molecular complexity index is 438. The lowest BCUT2D eigenvalue weighted by Gasteiger charge is -2.37. The van der Waals surface area contributed by atoms with Crippen molar-refractivity contribution in [3.8, 4) is 0 Å². The zero-order valence-corrected chi connectivity index (χ0v) is 12.3. The van der Waals surface area contributed by atoms with Gasteiger partial charge in [0.1, 0.15) is 5.82 Å². The molecule has 0 aliphatic carbocycles. The van der Waals surface area contributed by atoms with E-state index in [2.05, 4.69) is 22.2 Å². The van der Waals surface area contributed by atoms with E-state index < -0.39 is 0 Å². The lowest BCUT2D eigenvalue weighted by atomic mass is 10.00. The van der Waals surface area contributed by atoms with E-state index in [1.165, 1.54) is 0 Å². The van der Waals surface area contributed by atoms with Crippen molar-refractivity contribution in [2.24, 2.45) is 5.84 Å². The molecule has 0 spiro atoms. The number of hydrazine groups is 1. The quantitative estimate of drug-likeness (QED) is 0.540. The summed E-state index contributed by atoms with van der Waals surface area (Å²) in [6.07, 6.45) is 2.89. The van der Waals surface area contributed by atoms with Crippen molar-refractivity contribution in [3.05, 3.63) is 23.4 Å². The highest BCUT2D eigenvalue weighted by Crippen LogP contribution is 2.26. The van der Waals surface area contributed by atoms with E-state index in [1.54, 1.807) is 6.20 Å². The predicted molar refractivity (Wildman–Crippen MR) is 79.9 cm³/mol. The van der Waals surface area contributed by atoms with E-state index in [0.717, 1.165) is 43.8 Å². The summed E-state index contributed by atoms with van der Waals surface area (Å²) >= 11 is 0. The first kappa shape index (κ1) is 15.2. The van der Waals surface area contributed by atoms with Gasteiger partial charge in [0, 0.05) is 24.8 Å². The van der Waals surface area contributed by atoms with Gasteiger partial charge in [0.2, 0.25) is 0 Å². The van der Waals surface area contributed by atoms with Gasteiger partial charge in [-0.25, -0.2) is 4.98 Å². The molecule has 5 N–H and O–H groups in total. The molecule has 1 aromatic rings. The van der Waals surface area contributed by atoms with Gasteiger partial charge in [0.05, 0.1) is 18.8 Å². The average molecular weight is 279 g/mol. The van der Waals surface area contributed by atoms with Crippen LogP contribution in [-0.4, -0.2) is 42.2 Å². The Hall–Kier alpha value is -1.21. The molecule has 20 heavy (non-hydrogen) atoms. The third-order valence-electron chi connectivity index (χ3n) is 3.69. The number of nitrogens with one attached hydrogen (secondary N) is 1. The smallest absolute Gasteiger partial charge is 0.128 e. The molecule has 1 aliphatic heterocycles. The highest BCUT2D eigenvalue weighted by Gasteiger charge is 2.29. The van der Waals surface area contributed by atoms with Gasteiger partial charge in [0.25, 0.3) is 0 Å². The van der Waals surface area contributed by atoms with Gasteiger partial charge in [-0.1, -0.05) is 6.92 Å². The predicted octanol–water partition coefficient (Wildman–Crippen LogP) is 0.587. The highest BCUT2D eigenvalue weighted by atomic mass is 16.5. The number of hydrogen-bond acceptors (Lipinski definition) is 6. The molecule has 1 aromatic heterocycles. The SMILES string of the molecule is CCCN1CCOC(C(NN)c2cc(C)cnc2N)C1. The molecule has 2 heterocycles. The summed E-state index contributed by atoms with van der Waals surface area (Å²) in [6.45, 7) is 7.82. The van der Waals surface area contributed by atoms with Crippen molar-refractivity contribution in [3.63, 3.8) is 0 Å². The number of anilines is 1. The Morgan fingerprint density at radius 3 is 3.10 bits per heavy atom. The fourth-order valence-corrected chi connectivity index (χ4v) is 2.70. The number of nitrogens with two attached hydrogens (primary N) is 2. The molecule has 6 nitrogen and oxygen atoms in total. The van der Waals surface area contributed by atoms with Gasteiger partial charge in [0.15, 0.2) is 0 Å². The van der Waals surface area contributed by atoms with Crippen LogP contribution in [0.1, 0.15) is 30.5 Å². The number of ether oxygens (including phenoxy) is 1. The van der Waals surface area contributed by atoms with Crippen molar-refractivity contribution in [1.82, 2.24) is 15.3 Å². The lowest BCUT2D eigenvalue weighted by molar-refractivity contribution is -0.0470. The normalized spacial score (nSPS) is 21.9. The minimum Gasteiger partial charge on any atom is -0.383 e. The molecular formula is C14H25N5O.